The number of aliphatic hydroxyl groups excluding tert-OH is 1. The molecule has 3 rings (SSSR count). The summed E-state index contributed by atoms with van der Waals surface area (Å²) in [6.07, 6.45) is 0.110. The fourth-order valence-electron chi connectivity index (χ4n) is 2.93. The highest BCUT2D eigenvalue weighted by Crippen LogP contribution is 2.33. The Hall–Kier alpha value is -3.07. The molecule has 2 aromatic rings. The number of carbonyl (C=O) groups is 1. The molecule has 1 amide bonds. The van der Waals surface area contributed by atoms with E-state index >= 15 is 0 Å². The van der Waals surface area contributed by atoms with E-state index in [0.717, 1.165) is 0 Å². The topological polar surface area (TPSA) is 65.9 Å². The summed E-state index contributed by atoms with van der Waals surface area (Å²) in [5.74, 6) is -0.552. The molecule has 0 aliphatic carbocycles. The Morgan fingerprint density at radius 3 is 2.54 bits per heavy atom. The monoisotopic (exact) mass is 393 g/mol. The van der Waals surface area contributed by atoms with E-state index in [2.05, 4.69) is 9.72 Å². The van der Waals surface area contributed by atoms with Crippen LogP contribution in [0.4, 0.5) is 18.9 Å². The third-order valence-electron chi connectivity index (χ3n) is 4.12. The molecule has 1 aliphatic heterocycles. The molecule has 0 bridgehead atoms. The number of rotatable bonds is 5. The number of carbonyl (C=O) groups excluding carboxylic acids is 1. The van der Waals surface area contributed by atoms with Crippen molar-refractivity contribution in [2.75, 3.05) is 11.6 Å². The number of amides is 1. The van der Waals surface area contributed by atoms with E-state index in [4.69, 9.17) is 0 Å². The van der Waals surface area contributed by atoms with Crippen LogP contribution in [0.2, 0.25) is 0 Å². The van der Waals surface area contributed by atoms with Gasteiger partial charge in [0.05, 0.1) is 30.2 Å². The second kappa shape index (κ2) is 7.89. The van der Waals surface area contributed by atoms with Crippen molar-refractivity contribution in [3.8, 4) is 5.75 Å². The zero-order valence-electron chi connectivity index (χ0n) is 14.9. The van der Waals surface area contributed by atoms with E-state index in [1.165, 1.54) is 35.5 Å². The number of aromatic nitrogens is 1. The zero-order chi connectivity index (χ0) is 20.3. The average molecular weight is 393 g/mol. The lowest BCUT2D eigenvalue weighted by atomic mass is 10.1. The molecular formula is C19H18F3N3O3. The van der Waals surface area contributed by atoms with Crippen LogP contribution < -0.4 is 9.75 Å². The SMILES string of the molecule is CC(CO)N1C(c2ccc(OC(F)(F)F)cc2)=CCC(=O)N1c1cccnc1. The van der Waals surface area contributed by atoms with E-state index in [9.17, 15) is 23.1 Å². The molecule has 148 valence electrons. The number of alkyl halides is 3. The molecule has 2 heterocycles. The Labute approximate surface area is 159 Å². The Bertz CT molecular complexity index is 854. The summed E-state index contributed by atoms with van der Waals surface area (Å²) in [6, 6.07) is 8.29. The number of anilines is 1. The van der Waals surface area contributed by atoms with Gasteiger partial charge in [0.2, 0.25) is 5.91 Å². The highest BCUT2D eigenvalue weighted by atomic mass is 19.4. The summed E-state index contributed by atoms with van der Waals surface area (Å²) in [6.45, 7) is 1.49. The number of benzene rings is 1. The van der Waals surface area contributed by atoms with Gasteiger partial charge in [0.1, 0.15) is 5.75 Å². The highest BCUT2D eigenvalue weighted by Gasteiger charge is 2.34. The van der Waals surface area contributed by atoms with Gasteiger partial charge in [-0.15, -0.1) is 13.2 Å². The number of hydrazine groups is 1. The van der Waals surface area contributed by atoms with Crippen molar-refractivity contribution in [2.45, 2.75) is 25.7 Å². The summed E-state index contributed by atoms with van der Waals surface area (Å²) in [5, 5.41) is 12.7. The second-order valence-corrected chi connectivity index (χ2v) is 6.16. The van der Waals surface area contributed by atoms with Gasteiger partial charge in [0.15, 0.2) is 0 Å². The first-order valence-corrected chi connectivity index (χ1v) is 8.49. The smallest absolute Gasteiger partial charge is 0.406 e. The van der Waals surface area contributed by atoms with Crippen molar-refractivity contribution >= 4 is 17.3 Å². The van der Waals surface area contributed by atoms with E-state index in [1.807, 2.05) is 0 Å². The van der Waals surface area contributed by atoms with Crippen LogP contribution in [0.1, 0.15) is 18.9 Å². The molecule has 0 spiro atoms. The van der Waals surface area contributed by atoms with Gasteiger partial charge < -0.3 is 9.84 Å². The predicted molar refractivity (Wildman–Crippen MR) is 95.8 cm³/mol. The molecule has 1 N–H and O–H groups in total. The number of pyridine rings is 1. The maximum Gasteiger partial charge on any atom is 0.573 e. The van der Waals surface area contributed by atoms with Gasteiger partial charge in [0.25, 0.3) is 0 Å². The van der Waals surface area contributed by atoms with Crippen molar-refractivity contribution in [1.29, 1.82) is 0 Å². The van der Waals surface area contributed by atoms with Crippen molar-refractivity contribution in [2.24, 2.45) is 0 Å². The molecule has 1 aromatic carbocycles. The largest absolute Gasteiger partial charge is 0.573 e. The molecule has 0 saturated carbocycles. The number of ether oxygens (including phenoxy) is 1. The summed E-state index contributed by atoms with van der Waals surface area (Å²) in [5.41, 5.74) is 1.69. The Balaban J connectivity index is 1.98. The van der Waals surface area contributed by atoms with Crippen LogP contribution >= 0.6 is 0 Å². The maximum absolute atomic E-state index is 12.6. The third kappa shape index (κ3) is 4.25. The maximum atomic E-state index is 12.6. The first-order valence-electron chi connectivity index (χ1n) is 8.49. The van der Waals surface area contributed by atoms with Crippen molar-refractivity contribution in [3.05, 3.63) is 60.4 Å². The zero-order valence-corrected chi connectivity index (χ0v) is 14.9. The molecule has 28 heavy (non-hydrogen) atoms. The summed E-state index contributed by atoms with van der Waals surface area (Å²) >= 11 is 0. The van der Waals surface area contributed by atoms with Gasteiger partial charge in [0, 0.05) is 12.6 Å². The van der Waals surface area contributed by atoms with Gasteiger partial charge >= 0.3 is 6.36 Å². The van der Waals surface area contributed by atoms with Crippen LogP contribution in [0.5, 0.6) is 5.75 Å². The summed E-state index contributed by atoms with van der Waals surface area (Å²) < 4.78 is 41.0. The minimum absolute atomic E-state index is 0.0969. The van der Waals surface area contributed by atoms with Gasteiger partial charge in [-0.3, -0.25) is 14.8 Å². The number of aliphatic hydroxyl groups is 1. The van der Waals surface area contributed by atoms with Crippen molar-refractivity contribution < 1.29 is 27.8 Å². The molecule has 1 atom stereocenters. The number of hydrogen-bond acceptors (Lipinski definition) is 5. The van der Waals surface area contributed by atoms with Crippen LogP contribution in [0.25, 0.3) is 5.70 Å². The lowest BCUT2D eigenvalue weighted by Gasteiger charge is -2.43. The molecule has 1 unspecified atom stereocenters. The fraction of sp³-hybridized carbons (Fsp3) is 0.263. The number of halogens is 3. The first kappa shape index (κ1) is 19.7. The standard InChI is InChI=1S/C19H18F3N3O3/c1-13(12-26)24-17(14-4-6-16(7-5-14)28-19(20,21)22)8-9-18(27)25(24)15-3-2-10-23-11-15/h2-8,10-11,13,26H,9,12H2,1H3. The van der Waals surface area contributed by atoms with Crippen molar-refractivity contribution in [1.82, 2.24) is 9.99 Å². The van der Waals surface area contributed by atoms with Gasteiger partial charge in [-0.25, -0.2) is 5.01 Å². The molecule has 0 radical (unpaired) electrons. The molecule has 0 fully saturated rings. The minimum Gasteiger partial charge on any atom is -0.406 e. The molecule has 6 nitrogen and oxygen atoms in total. The minimum atomic E-state index is -4.77. The summed E-state index contributed by atoms with van der Waals surface area (Å²) in [4.78, 5) is 16.6. The van der Waals surface area contributed by atoms with E-state index in [-0.39, 0.29) is 24.7 Å². The number of nitrogens with zero attached hydrogens (tertiary/aromatic N) is 3. The molecule has 9 heteroatoms. The molecule has 1 aromatic heterocycles. The molecule has 1 aliphatic rings. The number of hydrogen-bond donors (Lipinski definition) is 1. The van der Waals surface area contributed by atoms with Gasteiger partial charge in [-0.1, -0.05) is 0 Å². The van der Waals surface area contributed by atoms with E-state index < -0.39 is 12.4 Å². The lowest BCUT2D eigenvalue weighted by molar-refractivity contribution is -0.274. The Kier molecular flexibility index (Phi) is 5.55. The first-order chi connectivity index (χ1) is 13.3. The van der Waals surface area contributed by atoms with Crippen LogP contribution in [0, 0.1) is 0 Å². The fourth-order valence-corrected chi connectivity index (χ4v) is 2.93. The highest BCUT2D eigenvalue weighted by molar-refractivity contribution is 5.97. The lowest BCUT2D eigenvalue weighted by Crippen LogP contribution is -2.53. The summed E-state index contributed by atoms with van der Waals surface area (Å²) in [7, 11) is 0. The Morgan fingerprint density at radius 1 is 1.25 bits per heavy atom. The van der Waals surface area contributed by atoms with Crippen molar-refractivity contribution in [3.63, 3.8) is 0 Å². The molecular weight excluding hydrogens is 375 g/mol. The van der Waals surface area contributed by atoms with Gasteiger partial charge in [-0.05, 0) is 55.0 Å². The van der Waals surface area contributed by atoms with Crippen LogP contribution in [-0.2, 0) is 4.79 Å². The normalized spacial score (nSPS) is 16.0. The predicted octanol–water partition coefficient (Wildman–Crippen LogP) is 3.36. The van der Waals surface area contributed by atoms with E-state index in [1.54, 1.807) is 36.3 Å². The van der Waals surface area contributed by atoms with E-state index in [0.29, 0.717) is 16.9 Å². The average Bonchev–Trinajstić information content (AvgIpc) is 2.67. The van der Waals surface area contributed by atoms with Crippen LogP contribution in [0.15, 0.2) is 54.9 Å². The van der Waals surface area contributed by atoms with Crippen LogP contribution in [0.3, 0.4) is 0 Å². The second-order valence-electron chi connectivity index (χ2n) is 6.16. The van der Waals surface area contributed by atoms with Gasteiger partial charge in [-0.2, -0.15) is 0 Å². The quantitative estimate of drug-likeness (QED) is 0.844. The Morgan fingerprint density at radius 2 is 1.96 bits per heavy atom. The molecule has 0 saturated heterocycles. The van der Waals surface area contributed by atoms with Crippen LogP contribution in [-0.4, -0.2) is 40.0 Å². The third-order valence-corrected chi connectivity index (χ3v) is 4.12.